The predicted octanol–water partition coefficient (Wildman–Crippen LogP) is 3.64. The summed E-state index contributed by atoms with van der Waals surface area (Å²) in [5.74, 6) is 1.04. The number of carbonyl (C=O) groups excluding carboxylic acids is 1. The molecule has 1 atom stereocenters. The lowest BCUT2D eigenvalue weighted by Crippen LogP contribution is -2.35. The van der Waals surface area contributed by atoms with Crippen molar-refractivity contribution in [2.75, 3.05) is 24.8 Å². The van der Waals surface area contributed by atoms with E-state index in [9.17, 15) is 4.79 Å². The van der Waals surface area contributed by atoms with Crippen molar-refractivity contribution in [3.8, 4) is 0 Å². The van der Waals surface area contributed by atoms with Crippen molar-refractivity contribution in [2.24, 2.45) is 0 Å². The fraction of sp³-hybridized carbons (Fsp3) is 0.353. The number of rotatable bonds is 5. The molecule has 21 heavy (non-hydrogen) atoms. The van der Waals surface area contributed by atoms with Gasteiger partial charge < -0.3 is 10.6 Å². The van der Waals surface area contributed by atoms with E-state index in [1.807, 2.05) is 43.4 Å². The van der Waals surface area contributed by atoms with E-state index in [0.29, 0.717) is 11.3 Å². The number of amides is 1. The van der Waals surface area contributed by atoms with Gasteiger partial charge >= 0.3 is 0 Å². The lowest BCUT2D eigenvalue weighted by molar-refractivity contribution is 0.0742. The van der Waals surface area contributed by atoms with Gasteiger partial charge in [-0.2, -0.15) is 11.8 Å². The normalized spacial score (nSPS) is 12.3. The fourth-order valence-corrected chi connectivity index (χ4v) is 2.89. The van der Waals surface area contributed by atoms with Crippen molar-refractivity contribution in [1.29, 1.82) is 0 Å². The number of fused-ring (bicyclic) bond motifs is 1. The highest BCUT2D eigenvalue weighted by molar-refractivity contribution is 7.98. The van der Waals surface area contributed by atoms with Gasteiger partial charge in [0.05, 0.1) is 5.56 Å². The molecule has 2 aromatic carbocycles. The lowest BCUT2D eigenvalue weighted by Gasteiger charge is -2.25. The quantitative estimate of drug-likeness (QED) is 0.858. The molecule has 0 spiro atoms. The van der Waals surface area contributed by atoms with Gasteiger partial charge in [0.2, 0.25) is 0 Å². The van der Waals surface area contributed by atoms with Crippen molar-refractivity contribution >= 4 is 34.1 Å². The summed E-state index contributed by atoms with van der Waals surface area (Å²) in [6.45, 7) is 2.07. The molecule has 0 bridgehead atoms. The third kappa shape index (κ3) is 3.50. The van der Waals surface area contributed by atoms with Gasteiger partial charge in [-0.25, -0.2) is 0 Å². The zero-order valence-electron chi connectivity index (χ0n) is 12.8. The minimum atomic E-state index is -0.00754. The molecule has 0 aliphatic heterocycles. The maximum absolute atomic E-state index is 12.7. The number of carbonyl (C=O) groups is 1. The summed E-state index contributed by atoms with van der Waals surface area (Å²) < 4.78 is 0. The van der Waals surface area contributed by atoms with E-state index in [2.05, 4.69) is 13.2 Å². The first kappa shape index (κ1) is 15.7. The Morgan fingerprint density at radius 3 is 2.52 bits per heavy atom. The summed E-state index contributed by atoms with van der Waals surface area (Å²) in [6, 6.07) is 11.9. The van der Waals surface area contributed by atoms with Crippen molar-refractivity contribution in [2.45, 2.75) is 19.4 Å². The van der Waals surface area contributed by atoms with Crippen molar-refractivity contribution < 1.29 is 4.79 Å². The van der Waals surface area contributed by atoms with Crippen LogP contribution in [-0.2, 0) is 0 Å². The molecule has 0 saturated carbocycles. The van der Waals surface area contributed by atoms with Crippen molar-refractivity contribution in [1.82, 2.24) is 4.90 Å². The fourth-order valence-electron chi connectivity index (χ4n) is 2.32. The third-order valence-electron chi connectivity index (χ3n) is 3.87. The SMILES string of the molecule is CSCCC(C)N(C)C(=O)c1cc2ccccc2cc1N. The van der Waals surface area contributed by atoms with Gasteiger partial charge in [-0.1, -0.05) is 24.3 Å². The highest BCUT2D eigenvalue weighted by atomic mass is 32.2. The topological polar surface area (TPSA) is 46.3 Å². The van der Waals surface area contributed by atoms with Crippen LogP contribution in [0.15, 0.2) is 36.4 Å². The standard InChI is InChI=1S/C17H22N2OS/c1-12(8-9-21-3)19(2)17(20)15-10-13-6-4-5-7-14(13)11-16(15)18/h4-7,10-12H,8-9,18H2,1-3H3. The van der Waals surface area contributed by atoms with Gasteiger partial charge in [0.15, 0.2) is 0 Å². The molecule has 0 radical (unpaired) electrons. The molecule has 0 aromatic heterocycles. The monoisotopic (exact) mass is 302 g/mol. The van der Waals surface area contributed by atoms with E-state index in [1.54, 1.807) is 16.7 Å². The second-order valence-corrected chi connectivity index (χ2v) is 6.32. The second kappa shape index (κ2) is 6.85. The van der Waals surface area contributed by atoms with Crippen LogP contribution < -0.4 is 5.73 Å². The minimum absolute atomic E-state index is 0.00754. The van der Waals surface area contributed by atoms with Crippen LogP contribution in [0.25, 0.3) is 10.8 Å². The largest absolute Gasteiger partial charge is 0.398 e. The van der Waals surface area contributed by atoms with Gasteiger partial charge in [0, 0.05) is 18.8 Å². The molecule has 2 aromatic rings. The molecule has 112 valence electrons. The number of nitrogen functional groups attached to an aromatic ring is 1. The Kier molecular flexibility index (Phi) is 5.12. The van der Waals surface area contributed by atoms with Gasteiger partial charge in [-0.15, -0.1) is 0 Å². The molecule has 4 heteroatoms. The molecule has 1 unspecified atom stereocenters. The van der Waals surface area contributed by atoms with Gasteiger partial charge in [0.25, 0.3) is 5.91 Å². The zero-order chi connectivity index (χ0) is 15.4. The van der Waals surface area contributed by atoms with Gasteiger partial charge in [-0.05, 0) is 48.3 Å². The number of thioether (sulfide) groups is 1. The predicted molar refractivity (Wildman–Crippen MR) is 92.9 cm³/mol. The minimum Gasteiger partial charge on any atom is -0.398 e. The molecular formula is C17H22N2OS. The summed E-state index contributed by atoms with van der Waals surface area (Å²) in [7, 11) is 1.85. The first-order valence-electron chi connectivity index (χ1n) is 7.09. The Morgan fingerprint density at radius 1 is 1.29 bits per heavy atom. The van der Waals surface area contributed by atoms with E-state index < -0.39 is 0 Å². The lowest BCUT2D eigenvalue weighted by atomic mass is 10.0. The molecule has 0 saturated heterocycles. The molecule has 3 nitrogen and oxygen atoms in total. The number of anilines is 1. The Hall–Kier alpha value is -1.68. The molecule has 1 amide bonds. The first-order valence-corrected chi connectivity index (χ1v) is 8.48. The Balaban J connectivity index is 2.28. The number of nitrogens with zero attached hydrogens (tertiary/aromatic N) is 1. The smallest absolute Gasteiger partial charge is 0.255 e. The average molecular weight is 302 g/mol. The molecular weight excluding hydrogens is 280 g/mol. The van der Waals surface area contributed by atoms with Crippen molar-refractivity contribution in [3.05, 3.63) is 42.0 Å². The Morgan fingerprint density at radius 2 is 1.90 bits per heavy atom. The van der Waals surface area contributed by atoms with Crippen molar-refractivity contribution in [3.63, 3.8) is 0 Å². The number of benzene rings is 2. The summed E-state index contributed by atoms with van der Waals surface area (Å²) in [5.41, 5.74) is 7.21. The summed E-state index contributed by atoms with van der Waals surface area (Å²) in [4.78, 5) is 14.4. The average Bonchev–Trinajstić information content (AvgIpc) is 2.50. The maximum atomic E-state index is 12.7. The summed E-state index contributed by atoms with van der Waals surface area (Å²) in [5, 5.41) is 2.10. The van der Waals surface area contributed by atoms with Gasteiger partial charge in [-0.3, -0.25) is 4.79 Å². The highest BCUT2D eigenvalue weighted by Crippen LogP contribution is 2.23. The van der Waals surface area contributed by atoms with E-state index in [-0.39, 0.29) is 11.9 Å². The van der Waals surface area contributed by atoms with Crippen LogP contribution in [0, 0.1) is 0 Å². The molecule has 0 heterocycles. The molecule has 0 aliphatic carbocycles. The molecule has 0 fully saturated rings. The third-order valence-corrected chi connectivity index (χ3v) is 4.51. The van der Waals surface area contributed by atoms with Crippen LogP contribution in [0.5, 0.6) is 0 Å². The van der Waals surface area contributed by atoms with E-state index >= 15 is 0 Å². The van der Waals surface area contributed by atoms with Crippen LogP contribution >= 0.6 is 11.8 Å². The van der Waals surface area contributed by atoms with Gasteiger partial charge in [0.1, 0.15) is 0 Å². The van der Waals surface area contributed by atoms with E-state index in [0.717, 1.165) is 22.9 Å². The Bertz CT molecular complexity index is 642. The maximum Gasteiger partial charge on any atom is 0.255 e. The van der Waals surface area contributed by atoms with Crippen LogP contribution in [0.3, 0.4) is 0 Å². The molecule has 2 rings (SSSR count). The number of hydrogen-bond acceptors (Lipinski definition) is 3. The molecule has 2 N–H and O–H groups in total. The molecule has 0 aliphatic rings. The Labute approximate surface area is 130 Å². The first-order chi connectivity index (χ1) is 10.0. The van der Waals surface area contributed by atoms with E-state index in [1.165, 1.54) is 0 Å². The van der Waals surface area contributed by atoms with E-state index in [4.69, 9.17) is 5.73 Å². The number of hydrogen-bond donors (Lipinski definition) is 1. The van der Waals surface area contributed by atoms with Crippen LogP contribution in [0.1, 0.15) is 23.7 Å². The second-order valence-electron chi connectivity index (χ2n) is 5.33. The highest BCUT2D eigenvalue weighted by Gasteiger charge is 2.19. The van der Waals surface area contributed by atoms with Crippen LogP contribution in [0.4, 0.5) is 5.69 Å². The number of nitrogens with two attached hydrogens (primary N) is 1. The van der Waals surface area contributed by atoms with Crippen LogP contribution in [0.2, 0.25) is 0 Å². The zero-order valence-corrected chi connectivity index (χ0v) is 13.6. The van der Waals surface area contributed by atoms with Crippen LogP contribution in [-0.4, -0.2) is 35.9 Å². The summed E-state index contributed by atoms with van der Waals surface area (Å²) >= 11 is 1.80. The summed E-state index contributed by atoms with van der Waals surface area (Å²) in [6.07, 6.45) is 3.06.